The third-order valence-corrected chi connectivity index (χ3v) is 7.76. The van der Waals surface area contributed by atoms with Gasteiger partial charge in [-0.1, -0.05) is 32.0 Å². The van der Waals surface area contributed by atoms with Gasteiger partial charge in [0.25, 0.3) is 5.91 Å². The summed E-state index contributed by atoms with van der Waals surface area (Å²) in [5.74, 6) is 1.77. The Bertz CT molecular complexity index is 1020. The van der Waals surface area contributed by atoms with Gasteiger partial charge in [0, 0.05) is 5.69 Å². The van der Waals surface area contributed by atoms with Crippen LogP contribution in [-0.2, 0) is 5.54 Å². The van der Waals surface area contributed by atoms with Crippen molar-refractivity contribution in [3.63, 3.8) is 0 Å². The lowest BCUT2D eigenvalue weighted by molar-refractivity contribution is -0.385. The predicted octanol–water partition coefficient (Wildman–Crippen LogP) is 5.40. The minimum atomic E-state index is -0.508. The highest BCUT2D eigenvalue weighted by atomic mass is 16.6. The highest BCUT2D eigenvalue weighted by molar-refractivity contribution is 6.06. The van der Waals surface area contributed by atoms with Gasteiger partial charge in [-0.25, -0.2) is 0 Å². The maximum Gasteiger partial charge on any atom is 0.320 e. The van der Waals surface area contributed by atoms with E-state index in [1.807, 2.05) is 25.1 Å². The minimum Gasteiger partial charge on any atom is -0.320 e. The molecule has 4 saturated carbocycles. The van der Waals surface area contributed by atoms with Crippen LogP contribution in [0.5, 0.6) is 0 Å². The maximum absolute atomic E-state index is 13.2. The zero-order chi connectivity index (χ0) is 21.9. The van der Waals surface area contributed by atoms with Gasteiger partial charge in [-0.05, 0) is 80.2 Å². The fourth-order valence-corrected chi connectivity index (χ4v) is 6.76. The molecule has 0 radical (unpaired) electrons. The molecule has 1 amide bonds. The number of amides is 1. The molecule has 0 aliphatic heterocycles. The summed E-state index contributed by atoms with van der Waals surface area (Å²) in [6.45, 7) is 6.06. The van der Waals surface area contributed by atoms with Crippen LogP contribution in [-0.4, -0.2) is 20.6 Å². The average molecular weight is 423 g/mol. The molecule has 0 spiro atoms. The van der Waals surface area contributed by atoms with E-state index in [2.05, 4.69) is 24.3 Å². The summed E-state index contributed by atoms with van der Waals surface area (Å²) in [7, 11) is 0. The summed E-state index contributed by atoms with van der Waals surface area (Å²) in [6, 6.07) is 5.88. The van der Waals surface area contributed by atoms with Gasteiger partial charge in [0.2, 0.25) is 5.69 Å². The van der Waals surface area contributed by atoms with E-state index < -0.39 is 10.8 Å². The van der Waals surface area contributed by atoms with Crippen molar-refractivity contribution in [3.05, 3.63) is 51.3 Å². The molecular formula is C24H30N4O3. The number of carbonyl (C=O) groups is 1. The first-order valence-corrected chi connectivity index (χ1v) is 11.4. The van der Waals surface area contributed by atoms with Gasteiger partial charge < -0.3 is 5.32 Å². The summed E-state index contributed by atoms with van der Waals surface area (Å²) in [6.07, 6.45) is 8.42. The van der Waals surface area contributed by atoms with Crippen molar-refractivity contribution >= 4 is 17.3 Å². The number of nitro groups is 1. The van der Waals surface area contributed by atoms with Gasteiger partial charge in [0.1, 0.15) is 6.20 Å². The first-order chi connectivity index (χ1) is 14.8. The number of carbonyl (C=O) groups excluding carboxylic acids is 1. The van der Waals surface area contributed by atoms with E-state index in [1.165, 1.54) is 25.5 Å². The van der Waals surface area contributed by atoms with E-state index >= 15 is 0 Å². The minimum absolute atomic E-state index is 0.0845. The van der Waals surface area contributed by atoms with E-state index in [0.29, 0.717) is 17.8 Å². The number of aryl methyl sites for hydroxylation is 1. The highest BCUT2D eigenvalue weighted by Gasteiger charge is 2.53. The first kappa shape index (κ1) is 20.2. The summed E-state index contributed by atoms with van der Waals surface area (Å²) < 4.78 is 1.80. The van der Waals surface area contributed by atoms with Gasteiger partial charge in [0.05, 0.1) is 10.5 Å². The number of nitrogens with zero attached hydrogens (tertiary/aromatic N) is 3. The van der Waals surface area contributed by atoms with Crippen LogP contribution >= 0.6 is 0 Å². The first-order valence-electron chi connectivity index (χ1n) is 11.4. The molecule has 7 nitrogen and oxygen atoms in total. The number of aromatic nitrogens is 2. The van der Waals surface area contributed by atoms with Crippen LogP contribution in [0.3, 0.4) is 0 Å². The number of nitrogens with one attached hydrogen (secondary N) is 1. The second-order valence-corrected chi connectivity index (χ2v) is 10.4. The van der Waals surface area contributed by atoms with Crippen molar-refractivity contribution in [2.75, 3.05) is 5.32 Å². The molecule has 4 bridgehead atoms. The SMILES string of the molecule is Cc1cccc(C(C)C)c1NC(=O)c1nn(C23CC4CC(CC(C4)C2)C3)cc1[N+](=O)[O-]. The summed E-state index contributed by atoms with van der Waals surface area (Å²) in [5, 5.41) is 19.4. The molecule has 4 aliphatic carbocycles. The second-order valence-electron chi connectivity index (χ2n) is 10.4. The molecule has 31 heavy (non-hydrogen) atoms. The molecule has 6 rings (SSSR count). The fourth-order valence-electron chi connectivity index (χ4n) is 6.76. The lowest BCUT2D eigenvalue weighted by Crippen LogP contribution is -2.52. The van der Waals surface area contributed by atoms with Crippen molar-refractivity contribution in [1.82, 2.24) is 9.78 Å². The number of anilines is 1. The van der Waals surface area contributed by atoms with Gasteiger partial charge in [-0.3, -0.25) is 19.6 Å². The summed E-state index contributed by atoms with van der Waals surface area (Å²) in [4.78, 5) is 24.6. The molecule has 2 aromatic rings. The standard InChI is InChI=1S/C24H30N4O3/c1-14(2)19-6-4-5-15(3)21(19)25-23(29)22-20(28(30)31)13-27(26-22)24-10-16-7-17(11-24)9-18(8-16)12-24/h4-6,13-14,16-18H,7-12H2,1-3H3,(H,25,29). The van der Waals surface area contributed by atoms with Crippen molar-refractivity contribution in [3.8, 4) is 0 Å². The van der Waals surface area contributed by atoms with Crippen LogP contribution in [0, 0.1) is 34.8 Å². The maximum atomic E-state index is 13.2. The Morgan fingerprint density at radius 3 is 2.35 bits per heavy atom. The Labute approximate surface area is 182 Å². The van der Waals surface area contributed by atoms with E-state index in [-0.39, 0.29) is 22.8 Å². The van der Waals surface area contributed by atoms with Crippen molar-refractivity contribution < 1.29 is 9.72 Å². The van der Waals surface area contributed by atoms with Crippen LogP contribution in [0.4, 0.5) is 11.4 Å². The fraction of sp³-hybridized carbons (Fsp3) is 0.583. The topological polar surface area (TPSA) is 90.1 Å². The quantitative estimate of drug-likeness (QED) is 0.516. The molecule has 1 aromatic carbocycles. The number of benzene rings is 1. The zero-order valence-electron chi connectivity index (χ0n) is 18.4. The molecule has 4 aliphatic rings. The molecule has 0 saturated heterocycles. The van der Waals surface area contributed by atoms with Crippen LogP contribution in [0.2, 0.25) is 0 Å². The second kappa shape index (κ2) is 7.18. The number of para-hydroxylation sites is 1. The van der Waals surface area contributed by atoms with E-state index in [0.717, 1.165) is 36.1 Å². The smallest absolute Gasteiger partial charge is 0.320 e. The third-order valence-electron chi connectivity index (χ3n) is 7.76. The molecule has 7 heteroatoms. The van der Waals surface area contributed by atoms with E-state index in [9.17, 15) is 14.9 Å². The predicted molar refractivity (Wildman–Crippen MR) is 118 cm³/mol. The van der Waals surface area contributed by atoms with Crippen LogP contribution < -0.4 is 5.32 Å². The Morgan fingerprint density at radius 2 is 1.81 bits per heavy atom. The summed E-state index contributed by atoms with van der Waals surface area (Å²) in [5.41, 5.74) is 2.22. The molecule has 0 unspecified atom stereocenters. The Morgan fingerprint density at radius 1 is 1.19 bits per heavy atom. The van der Waals surface area contributed by atoms with Crippen LogP contribution in [0.1, 0.15) is 79.9 Å². The summed E-state index contributed by atoms with van der Waals surface area (Å²) >= 11 is 0. The molecule has 4 fully saturated rings. The van der Waals surface area contributed by atoms with Gasteiger partial charge in [-0.2, -0.15) is 5.10 Å². The van der Waals surface area contributed by atoms with Crippen molar-refractivity contribution in [2.45, 2.75) is 70.8 Å². The third kappa shape index (κ3) is 3.34. The Balaban J connectivity index is 1.50. The van der Waals surface area contributed by atoms with E-state index in [4.69, 9.17) is 0 Å². The van der Waals surface area contributed by atoms with E-state index in [1.54, 1.807) is 4.68 Å². The Hall–Kier alpha value is -2.70. The molecule has 1 heterocycles. The average Bonchev–Trinajstić information content (AvgIpc) is 3.15. The largest absolute Gasteiger partial charge is 0.320 e. The molecule has 164 valence electrons. The van der Waals surface area contributed by atoms with Gasteiger partial charge in [0.15, 0.2) is 0 Å². The van der Waals surface area contributed by atoms with Crippen molar-refractivity contribution in [2.24, 2.45) is 17.8 Å². The van der Waals surface area contributed by atoms with Gasteiger partial charge >= 0.3 is 5.69 Å². The zero-order valence-corrected chi connectivity index (χ0v) is 18.4. The van der Waals surface area contributed by atoms with Gasteiger partial charge in [-0.15, -0.1) is 0 Å². The molecular weight excluding hydrogens is 392 g/mol. The normalized spacial score (nSPS) is 28.8. The molecule has 1 aromatic heterocycles. The number of hydrogen-bond donors (Lipinski definition) is 1. The molecule has 0 atom stereocenters. The Kier molecular flexibility index (Phi) is 4.68. The van der Waals surface area contributed by atoms with Crippen LogP contribution in [0.25, 0.3) is 0 Å². The lowest BCUT2D eigenvalue weighted by atomic mass is 9.53. The van der Waals surface area contributed by atoms with Crippen molar-refractivity contribution in [1.29, 1.82) is 0 Å². The number of rotatable bonds is 5. The highest BCUT2D eigenvalue weighted by Crippen LogP contribution is 2.58. The molecule has 1 N–H and O–H groups in total. The van der Waals surface area contributed by atoms with Crippen LogP contribution in [0.15, 0.2) is 24.4 Å². The number of hydrogen-bond acceptors (Lipinski definition) is 4. The monoisotopic (exact) mass is 422 g/mol. The lowest BCUT2D eigenvalue weighted by Gasteiger charge is -2.56.